The Morgan fingerprint density at radius 2 is 1.41 bits per heavy atom. The largest absolute Gasteiger partial charge is 0.497 e. The SMILES string of the molecule is COc1ccc(N2CCN(C/C=C\CN3C(=O)c4ccccc4C3=O)CC2)cc1. The zero-order valence-corrected chi connectivity index (χ0v) is 16.6. The van der Waals surface area contributed by atoms with Crippen molar-refractivity contribution in [2.75, 3.05) is 51.3 Å². The van der Waals surface area contributed by atoms with Gasteiger partial charge in [0, 0.05) is 45.0 Å². The van der Waals surface area contributed by atoms with Crippen LogP contribution in [0.3, 0.4) is 0 Å². The van der Waals surface area contributed by atoms with Gasteiger partial charge < -0.3 is 9.64 Å². The molecule has 0 radical (unpaired) electrons. The van der Waals surface area contributed by atoms with E-state index in [4.69, 9.17) is 4.74 Å². The molecule has 0 unspecified atom stereocenters. The number of hydrogen-bond acceptors (Lipinski definition) is 5. The van der Waals surface area contributed by atoms with Crippen molar-refractivity contribution >= 4 is 17.5 Å². The molecule has 2 aromatic rings. The van der Waals surface area contributed by atoms with Gasteiger partial charge in [0.1, 0.15) is 5.75 Å². The summed E-state index contributed by atoms with van der Waals surface area (Å²) in [5, 5.41) is 0. The van der Waals surface area contributed by atoms with Crippen LogP contribution in [0.25, 0.3) is 0 Å². The summed E-state index contributed by atoms with van der Waals surface area (Å²) in [5.41, 5.74) is 2.22. The fraction of sp³-hybridized carbons (Fsp3) is 0.304. The minimum Gasteiger partial charge on any atom is -0.497 e. The lowest BCUT2D eigenvalue weighted by Gasteiger charge is -2.35. The summed E-state index contributed by atoms with van der Waals surface area (Å²) < 4.78 is 5.22. The summed E-state index contributed by atoms with van der Waals surface area (Å²) in [6.45, 7) is 5.03. The van der Waals surface area contributed by atoms with E-state index in [2.05, 4.69) is 21.9 Å². The smallest absolute Gasteiger partial charge is 0.261 e. The molecular formula is C23H25N3O3. The molecule has 0 bridgehead atoms. The molecule has 0 N–H and O–H groups in total. The molecule has 6 heteroatoms. The number of anilines is 1. The number of hydrogen-bond donors (Lipinski definition) is 0. The molecule has 2 amide bonds. The molecule has 1 fully saturated rings. The Morgan fingerprint density at radius 1 is 0.828 bits per heavy atom. The first-order valence-electron chi connectivity index (χ1n) is 9.89. The number of fused-ring (bicyclic) bond motifs is 1. The van der Waals surface area contributed by atoms with E-state index < -0.39 is 0 Å². The Kier molecular flexibility index (Phi) is 5.62. The van der Waals surface area contributed by atoms with E-state index in [0.717, 1.165) is 38.5 Å². The second kappa shape index (κ2) is 8.49. The number of benzene rings is 2. The zero-order valence-electron chi connectivity index (χ0n) is 16.6. The highest BCUT2D eigenvalue weighted by Crippen LogP contribution is 2.22. The second-order valence-electron chi connectivity index (χ2n) is 7.22. The Morgan fingerprint density at radius 3 is 2.00 bits per heavy atom. The first-order chi connectivity index (χ1) is 14.2. The van der Waals surface area contributed by atoms with Crippen LogP contribution in [0, 0.1) is 0 Å². The number of rotatable bonds is 6. The summed E-state index contributed by atoms with van der Waals surface area (Å²) in [4.78, 5) is 30.8. The van der Waals surface area contributed by atoms with Crippen molar-refractivity contribution in [2.24, 2.45) is 0 Å². The van der Waals surface area contributed by atoms with Crippen molar-refractivity contribution in [1.82, 2.24) is 9.80 Å². The van der Waals surface area contributed by atoms with Crippen molar-refractivity contribution in [2.45, 2.75) is 0 Å². The fourth-order valence-corrected chi connectivity index (χ4v) is 3.79. The number of methoxy groups -OCH3 is 1. The molecule has 4 rings (SSSR count). The molecule has 2 aliphatic heterocycles. The van der Waals surface area contributed by atoms with Crippen LogP contribution in [0.4, 0.5) is 5.69 Å². The van der Waals surface area contributed by atoms with Crippen molar-refractivity contribution in [1.29, 1.82) is 0 Å². The van der Waals surface area contributed by atoms with Crippen molar-refractivity contribution < 1.29 is 14.3 Å². The Hall–Kier alpha value is -3.12. The molecule has 1 saturated heterocycles. The van der Waals surface area contributed by atoms with Crippen molar-refractivity contribution in [3.63, 3.8) is 0 Å². The molecule has 2 heterocycles. The normalized spacial score (nSPS) is 17.3. The first-order valence-corrected chi connectivity index (χ1v) is 9.89. The Bertz CT molecular complexity index is 880. The fourth-order valence-electron chi connectivity index (χ4n) is 3.79. The van der Waals surface area contributed by atoms with E-state index >= 15 is 0 Å². The predicted octanol–water partition coefficient (Wildman–Crippen LogP) is 2.67. The highest BCUT2D eigenvalue weighted by atomic mass is 16.5. The topological polar surface area (TPSA) is 53.1 Å². The maximum absolute atomic E-state index is 12.4. The van der Waals surface area contributed by atoms with Gasteiger partial charge in [-0.15, -0.1) is 0 Å². The summed E-state index contributed by atoms with van der Waals surface area (Å²) >= 11 is 0. The third-order valence-electron chi connectivity index (χ3n) is 5.51. The maximum Gasteiger partial charge on any atom is 0.261 e. The molecule has 0 spiro atoms. The average Bonchev–Trinajstić information content (AvgIpc) is 3.02. The molecule has 6 nitrogen and oxygen atoms in total. The average molecular weight is 391 g/mol. The number of nitrogens with zero attached hydrogens (tertiary/aromatic N) is 3. The summed E-state index contributed by atoms with van der Waals surface area (Å²) in [7, 11) is 1.68. The van der Waals surface area contributed by atoms with E-state index in [1.165, 1.54) is 10.6 Å². The molecule has 0 aromatic heterocycles. The number of piperazine rings is 1. The first kappa shape index (κ1) is 19.2. The highest BCUT2D eigenvalue weighted by Gasteiger charge is 2.34. The number of imide groups is 1. The van der Waals surface area contributed by atoms with Crippen molar-refractivity contribution in [3.8, 4) is 5.75 Å². The minimum absolute atomic E-state index is 0.205. The summed E-state index contributed by atoms with van der Waals surface area (Å²) in [6, 6.07) is 15.2. The van der Waals surface area contributed by atoms with Crippen LogP contribution < -0.4 is 9.64 Å². The molecule has 0 aliphatic carbocycles. The Balaban J connectivity index is 1.24. The molecule has 29 heavy (non-hydrogen) atoms. The van der Waals surface area contributed by atoms with Gasteiger partial charge in [0.25, 0.3) is 11.8 Å². The number of ether oxygens (including phenoxy) is 1. The minimum atomic E-state index is -0.205. The zero-order chi connectivity index (χ0) is 20.2. The molecule has 2 aromatic carbocycles. The van der Waals surface area contributed by atoms with Gasteiger partial charge in [0.15, 0.2) is 0 Å². The molecule has 150 valence electrons. The van der Waals surface area contributed by atoms with E-state index in [0.29, 0.717) is 17.7 Å². The van der Waals surface area contributed by atoms with Crippen LogP contribution in [0.2, 0.25) is 0 Å². The van der Waals surface area contributed by atoms with Crippen LogP contribution in [0.15, 0.2) is 60.7 Å². The lowest BCUT2D eigenvalue weighted by atomic mass is 10.1. The van der Waals surface area contributed by atoms with Gasteiger partial charge in [-0.1, -0.05) is 24.3 Å². The van der Waals surface area contributed by atoms with Gasteiger partial charge in [-0.3, -0.25) is 19.4 Å². The van der Waals surface area contributed by atoms with E-state index in [1.807, 2.05) is 24.3 Å². The van der Waals surface area contributed by atoms with Gasteiger partial charge in [-0.2, -0.15) is 0 Å². The van der Waals surface area contributed by atoms with Gasteiger partial charge in [-0.05, 0) is 36.4 Å². The van der Waals surface area contributed by atoms with Gasteiger partial charge in [-0.25, -0.2) is 0 Å². The third-order valence-corrected chi connectivity index (χ3v) is 5.51. The number of amides is 2. The lowest BCUT2D eigenvalue weighted by molar-refractivity contribution is 0.0672. The van der Waals surface area contributed by atoms with Crippen LogP contribution in [-0.2, 0) is 0 Å². The monoisotopic (exact) mass is 391 g/mol. The van der Waals surface area contributed by atoms with Crippen LogP contribution in [0.5, 0.6) is 5.75 Å². The predicted molar refractivity (Wildman–Crippen MR) is 113 cm³/mol. The summed E-state index contributed by atoms with van der Waals surface area (Å²) in [6.07, 6.45) is 3.96. The van der Waals surface area contributed by atoms with E-state index in [-0.39, 0.29) is 11.8 Å². The standard InChI is InChI=1S/C23H25N3O3/c1-29-19-10-8-18(9-11-19)25-16-14-24(15-17-25)12-4-5-13-26-22(27)20-6-2-3-7-21(20)23(26)28/h2-11H,12-17H2,1H3/b5-4-. The third kappa shape index (κ3) is 4.03. The van der Waals surface area contributed by atoms with Crippen LogP contribution >= 0.6 is 0 Å². The van der Waals surface area contributed by atoms with Gasteiger partial charge >= 0.3 is 0 Å². The summed E-state index contributed by atoms with van der Waals surface area (Å²) in [5.74, 6) is 0.460. The molecule has 0 saturated carbocycles. The Labute approximate surface area is 171 Å². The van der Waals surface area contributed by atoms with Crippen LogP contribution in [0.1, 0.15) is 20.7 Å². The van der Waals surface area contributed by atoms with Crippen LogP contribution in [-0.4, -0.2) is 68.0 Å². The second-order valence-corrected chi connectivity index (χ2v) is 7.22. The van der Waals surface area contributed by atoms with Crippen molar-refractivity contribution in [3.05, 3.63) is 71.8 Å². The van der Waals surface area contributed by atoms with Gasteiger partial charge in [0.2, 0.25) is 0 Å². The van der Waals surface area contributed by atoms with Gasteiger partial charge in [0.05, 0.1) is 18.2 Å². The lowest BCUT2D eigenvalue weighted by Crippen LogP contribution is -2.46. The quantitative estimate of drug-likeness (QED) is 0.560. The maximum atomic E-state index is 12.4. The molecular weight excluding hydrogens is 366 g/mol. The van der Waals surface area contributed by atoms with E-state index in [1.54, 1.807) is 31.4 Å². The molecule has 2 aliphatic rings. The highest BCUT2D eigenvalue weighted by molar-refractivity contribution is 6.21. The number of carbonyl (C=O) groups excluding carboxylic acids is 2. The number of carbonyl (C=O) groups is 2. The van der Waals surface area contributed by atoms with E-state index in [9.17, 15) is 9.59 Å². The molecule has 0 atom stereocenters.